The predicted molar refractivity (Wildman–Crippen MR) is 94.9 cm³/mol. The van der Waals surface area contributed by atoms with E-state index in [1.807, 2.05) is 22.9 Å². The van der Waals surface area contributed by atoms with E-state index in [1.54, 1.807) is 18.4 Å². The van der Waals surface area contributed by atoms with Gasteiger partial charge >= 0.3 is 0 Å². The number of ether oxygens (including phenoxy) is 1. The molecule has 0 saturated carbocycles. The number of methoxy groups -OCH3 is 1. The van der Waals surface area contributed by atoms with Crippen molar-refractivity contribution >= 4 is 17.2 Å². The topological polar surface area (TPSA) is 39.1 Å². The van der Waals surface area contributed by atoms with E-state index in [9.17, 15) is 0 Å². The van der Waals surface area contributed by atoms with E-state index in [1.165, 1.54) is 24.0 Å². The molecule has 1 aromatic carbocycles. The van der Waals surface area contributed by atoms with Gasteiger partial charge in [-0.3, -0.25) is 0 Å². The van der Waals surface area contributed by atoms with Crippen LogP contribution in [-0.4, -0.2) is 23.4 Å². The number of anilines is 1. The standard InChI is InChI=1S/C18H19N3OS/c1-22-16-8-3-2-7-15(16)21-18-14(6-4-5-10-19-18)17(20-21)13-9-11-23-12-13/h2-3,7-9,11-12,19H,4-6,10H2,1H3. The van der Waals surface area contributed by atoms with Gasteiger partial charge in [0.15, 0.2) is 0 Å². The smallest absolute Gasteiger partial charge is 0.144 e. The fraction of sp³-hybridized carbons (Fsp3) is 0.278. The molecular weight excluding hydrogens is 306 g/mol. The van der Waals surface area contributed by atoms with Crippen molar-refractivity contribution in [3.05, 3.63) is 46.7 Å². The van der Waals surface area contributed by atoms with E-state index in [2.05, 4.69) is 28.2 Å². The molecule has 0 fully saturated rings. The first-order valence-electron chi connectivity index (χ1n) is 7.90. The van der Waals surface area contributed by atoms with Crippen LogP contribution < -0.4 is 10.1 Å². The monoisotopic (exact) mass is 325 g/mol. The zero-order valence-corrected chi connectivity index (χ0v) is 13.9. The number of hydrogen-bond acceptors (Lipinski definition) is 4. The molecule has 3 aromatic rings. The highest BCUT2D eigenvalue weighted by Gasteiger charge is 2.23. The number of fused-ring (bicyclic) bond motifs is 1. The number of hydrogen-bond donors (Lipinski definition) is 1. The summed E-state index contributed by atoms with van der Waals surface area (Å²) in [6.45, 7) is 0.983. The second-order valence-corrected chi connectivity index (χ2v) is 6.44. The van der Waals surface area contributed by atoms with Crippen LogP contribution in [0.15, 0.2) is 41.1 Å². The van der Waals surface area contributed by atoms with E-state index < -0.39 is 0 Å². The molecule has 0 aliphatic carbocycles. The maximum atomic E-state index is 5.54. The lowest BCUT2D eigenvalue weighted by molar-refractivity contribution is 0.412. The maximum Gasteiger partial charge on any atom is 0.144 e. The fourth-order valence-corrected chi connectivity index (χ4v) is 3.75. The molecule has 1 N–H and O–H groups in total. The molecule has 0 unspecified atom stereocenters. The van der Waals surface area contributed by atoms with Crippen molar-refractivity contribution in [2.45, 2.75) is 19.3 Å². The Hall–Kier alpha value is -2.27. The molecule has 2 aromatic heterocycles. The second-order valence-electron chi connectivity index (χ2n) is 5.66. The lowest BCUT2D eigenvalue weighted by atomic mass is 10.1. The lowest BCUT2D eigenvalue weighted by Gasteiger charge is -2.12. The highest BCUT2D eigenvalue weighted by Crippen LogP contribution is 2.36. The van der Waals surface area contributed by atoms with Crippen molar-refractivity contribution in [2.24, 2.45) is 0 Å². The number of nitrogens with zero attached hydrogens (tertiary/aromatic N) is 2. The average Bonchev–Trinajstić information content (AvgIpc) is 3.17. The van der Waals surface area contributed by atoms with Gasteiger partial charge < -0.3 is 10.1 Å². The molecular formula is C18H19N3OS. The number of rotatable bonds is 3. The van der Waals surface area contributed by atoms with Crippen LogP contribution in [0.1, 0.15) is 18.4 Å². The summed E-state index contributed by atoms with van der Waals surface area (Å²) in [6, 6.07) is 10.2. The Labute approximate surface area is 139 Å². The second kappa shape index (κ2) is 6.08. The first-order valence-corrected chi connectivity index (χ1v) is 8.84. The van der Waals surface area contributed by atoms with Crippen molar-refractivity contribution in [3.8, 4) is 22.7 Å². The predicted octanol–water partition coefficient (Wildman–Crippen LogP) is 4.36. The summed E-state index contributed by atoms with van der Waals surface area (Å²) in [5.74, 6) is 1.94. The minimum Gasteiger partial charge on any atom is -0.494 e. The molecule has 1 aliphatic rings. The molecule has 5 heteroatoms. The van der Waals surface area contributed by atoms with Crippen LogP contribution in [0.25, 0.3) is 16.9 Å². The van der Waals surface area contributed by atoms with E-state index in [0.717, 1.165) is 35.9 Å². The van der Waals surface area contributed by atoms with Crippen LogP contribution in [-0.2, 0) is 6.42 Å². The summed E-state index contributed by atoms with van der Waals surface area (Å²) in [5.41, 5.74) is 4.57. The van der Waals surface area contributed by atoms with Crippen LogP contribution in [0.5, 0.6) is 5.75 Å². The fourth-order valence-electron chi connectivity index (χ4n) is 3.11. The Balaban J connectivity index is 1.93. The zero-order chi connectivity index (χ0) is 15.6. The summed E-state index contributed by atoms with van der Waals surface area (Å²) < 4.78 is 7.54. The summed E-state index contributed by atoms with van der Waals surface area (Å²) in [6.07, 6.45) is 3.43. The molecule has 0 spiro atoms. The molecule has 23 heavy (non-hydrogen) atoms. The maximum absolute atomic E-state index is 5.54. The van der Waals surface area contributed by atoms with Gasteiger partial charge in [0.05, 0.1) is 12.8 Å². The third-order valence-corrected chi connectivity index (χ3v) is 4.92. The van der Waals surface area contributed by atoms with E-state index in [-0.39, 0.29) is 0 Å². The highest BCUT2D eigenvalue weighted by atomic mass is 32.1. The van der Waals surface area contributed by atoms with Crippen LogP contribution >= 0.6 is 11.3 Å². The molecule has 0 bridgehead atoms. The molecule has 4 rings (SSSR count). The summed E-state index contributed by atoms with van der Waals surface area (Å²) >= 11 is 1.71. The van der Waals surface area contributed by atoms with Crippen molar-refractivity contribution < 1.29 is 4.74 Å². The van der Waals surface area contributed by atoms with Gasteiger partial charge in [0, 0.05) is 23.1 Å². The van der Waals surface area contributed by atoms with Gasteiger partial charge in [-0.2, -0.15) is 16.4 Å². The Kier molecular flexibility index (Phi) is 3.79. The third kappa shape index (κ3) is 2.51. The van der Waals surface area contributed by atoms with Gasteiger partial charge in [-0.25, -0.2) is 4.68 Å². The number of benzene rings is 1. The molecule has 0 radical (unpaired) electrons. The number of aromatic nitrogens is 2. The van der Waals surface area contributed by atoms with Crippen LogP contribution in [0, 0.1) is 0 Å². The zero-order valence-electron chi connectivity index (χ0n) is 13.1. The van der Waals surface area contributed by atoms with Crippen LogP contribution in [0.4, 0.5) is 5.82 Å². The number of nitrogens with one attached hydrogen (secondary N) is 1. The Morgan fingerprint density at radius 3 is 2.96 bits per heavy atom. The SMILES string of the molecule is COc1ccccc1-n1nc(-c2ccsc2)c2c1NCCCC2. The third-order valence-electron chi connectivity index (χ3n) is 4.24. The highest BCUT2D eigenvalue weighted by molar-refractivity contribution is 7.08. The first kappa shape index (κ1) is 14.3. The Morgan fingerprint density at radius 1 is 1.22 bits per heavy atom. The first-order chi connectivity index (χ1) is 11.4. The molecule has 0 atom stereocenters. The van der Waals surface area contributed by atoms with E-state index in [4.69, 9.17) is 9.84 Å². The minimum atomic E-state index is 0.834. The van der Waals surface area contributed by atoms with Gasteiger partial charge in [-0.05, 0) is 42.8 Å². The quantitative estimate of drug-likeness (QED) is 0.778. The van der Waals surface area contributed by atoms with Crippen molar-refractivity contribution in [1.29, 1.82) is 0 Å². The minimum absolute atomic E-state index is 0.834. The van der Waals surface area contributed by atoms with E-state index >= 15 is 0 Å². The molecule has 4 nitrogen and oxygen atoms in total. The molecule has 1 aliphatic heterocycles. The van der Waals surface area contributed by atoms with Crippen molar-refractivity contribution in [3.63, 3.8) is 0 Å². The van der Waals surface area contributed by atoms with Crippen molar-refractivity contribution in [1.82, 2.24) is 9.78 Å². The lowest BCUT2D eigenvalue weighted by Crippen LogP contribution is -2.08. The molecule has 118 valence electrons. The normalized spacial score (nSPS) is 14.0. The van der Waals surface area contributed by atoms with Gasteiger partial charge in [0.2, 0.25) is 0 Å². The largest absolute Gasteiger partial charge is 0.494 e. The average molecular weight is 325 g/mol. The number of thiophene rings is 1. The van der Waals surface area contributed by atoms with Crippen molar-refractivity contribution in [2.75, 3.05) is 19.0 Å². The van der Waals surface area contributed by atoms with Gasteiger partial charge in [-0.15, -0.1) is 0 Å². The van der Waals surface area contributed by atoms with Gasteiger partial charge in [-0.1, -0.05) is 12.1 Å². The summed E-state index contributed by atoms with van der Waals surface area (Å²) in [5, 5.41) is 12.8. The van der Waals surface area contributed by atoms with E-state index in [0.29, 0.717) is 0 Å². The summed E-state index contributed by atoms with van der Waals surface area (Å²) in [4.78, 5) is 0. The number of para-hydroxylation sites is 2. The molecule has 3 heterocycles. The molecule has 0 saturated heterocycles. The van der Waals surface area contributed by atoms with Crippen LogP contribution in [0.3, 0.4) is 0 Å². The van der Waals surface area contributed by atoms with Crippen LogP contribution in [0.2, 0.25) is 0 Å². The molecule has 0 amide bonds. The summed E-state index contributed by atoms with van der Waals surface area (Å²) in [7, 11) is 1.70. The van der Waals surface area contributed by atoms with Gasteiger partial charge in [0.25, 0.3) is 0 Å². The Bertz CT molecular complexity index is 808. The van der Waals surface area contributed by atoms with Gasteiger partial charge in [0.1, 0.15) is 17.3 Å². The Morgan fingerprint density at radius 2 is 2.13 bits per heavy atom.